The van der Waals surface area contributed by atoms with E-state index in [2.05, 4.69) is 20.4 Å². The van der Waals surface area contributed by atoms with Crippen molar-refractivity contribution >= 4 is 5.91 Å². The first-order valence-corrected chi connectivity index (χ1v) is 7.87. The first-order valence-electron chi connectivity index (χ1n) is 7.87. The highest BCUT2D eigenvalue weighted by Gasteiger charge is 2.21. The quantitative estimate of drug-likeness (QED) is 0.841. The van der Waals surface area contributed by atoms with Crippen molar-refractivity contribution in [2.24, 2.45) is 0 Å². The van der Waals surface area contributed by atoms with E-state index in [0.717, 1.165) is 43.3 Å². The van der Waals surface area contributed by atoms with E-state index in [1.807, 2.05) is 18.2 Å². The van der Waals surface area contributed by atoms with Crippen molar-refractivity contribution in [3.05, 3.63) is 30.2 Å². The minimum absolute atomic E-state index is 0.000382. The fourth-order valence-electron chi connectivity index (χ4n) is 2.73. The lowest BCUT2D eigenvalue weighted by Crippen LogP contribution is -2.43. The number of carbonyl (C=O) groups excluding carboxylic acids is 1. The SMILES string of the molecule is CC(=O)NCC[C@H]1CN(Cc2ccc(-c3ccn[nH]3)o2)CCO1. The highest BCUT2D eigenvalue weighted by atomic mass is 16.5. The minimum atomic E-state index is -0.000382. The number of ether oxygens (including phenoxy) is 1. The first-order chi connectivity index (χ1) is 11.2. The monoisotopic (exact) mass is 318 g/mol. The number of amides is 1. The van der Waals surface area contributed by atoms with Crippen LogP contribution in [-0.4, -0.2) is 53.3 Å². The van der Waals surface area contributed by atoms with Gasteiger partial charge in [0.05, 0.1) is 19.3 Å². The lowest BCUT2D eigenvalue weighted by atomic mass is 10.2. The highest BCUT2D eigenvalue weighted by Crippen LogP contribution is 2.21. The van der Waals surface area contributed by atoms with E-state index in [4.69, 9.17) is 9.15 Å². The topological polar surface area (TPSA) is 83.4 Å². The number of H-pyrrole nitrogens is 1. The summed E-state index contributed by atoms with van der Waals surface area (Å²) in [6, 6.07) is 5.84. The fraction of sp³-hybridized carbons (Fsp3) is 0.500. The second kappa shape index (κ2) is 7.43. The van der Waals surface area contributed by atoms with Crippen LogP contribution in [-0.2, 0) is 16.1 Å². The molecule has 3 rings (SSSR count). The van der Waals surface area contributed by atoms with Gasteiger partial charge in [0.1, 0.15) is 11.5 Å². The van der Waals surface area contributed by atoms with Gasteiger partial charge >= 0.3 is 0 Å². The number of aromatic amines is 1. The van der Waals surface area contributed by atoms with Crippen LogP contribution >= 0.6 is 0 Å². The molecule has 7 nitrogen and oxygen atoms in total. The molecule has 0 aromatic carbocycles. The Bertz CT molecular complexity index is 623. The second-order valence-electron chi connectivity index (χ2n) is 5.74. The van der Waals surface area contributed by atoms with E-state index >= 15 is 0 Å². The lowest BCUT2D eigenvalue weighted by Gasteiger charge is -2.32. The van der Waals surface area contributed by atoms with Gasteiger partial charge in [0.2, 0.25) is 5.91 Å². The van der Waals surface area contributed by atoms with Crippen LogP contribution in [0, 0.1) is 0 Å². The van der Waals surface area contributed by atoms with Crippen LogP contribution in [0.1, 0.15) is 19.1 Å². The molecule has 1 fully saturated rings. The molecule has 0 aliphatic carbocycles. The molecule has 1 amide bonds. The van der Waals surface area contributed by atoms with Crippen molar-refractivity contribution < 1.29 is 13.9 Å². The van der Waals surface area contributed by atoms with E-state index in [0.29, 0.717) is 13.2 Å². The average molecular weight is 318 g/mol. The van der Waals surface area contributed by atoms with E-state index in [1.165, 1.54) is 6.92 Å². The number of aromatic nitrogens is 2. The summed E-state index contributed by atoms with van der Waals surface area (Å²) in [6.45, 7) is 5.38. The maximum Gasteiger partial charge on any atom is 0.216 e. The van der Waals surface area contributed by atoms with Crippen molar-refractivity contribution in [3.63, 3.8) is 0 Å². The molecule has 2 aromatic rings. The number of hydrogen-bond donors (Lipinski definition) is 2. The van der Waals surface area contributed by atoms with Crippen molar-refractivity contribution in [3.8, 4) is 11.5 Å². The van der Waals surface area contributed by atoms with Gasteiger partial charge in [0.15, 0.2) is 5.76 Å². The number of hydrogen-bond acceptors (Lipinski definition) is 5. The number of nitrogens with one attached hydrogen (secondary N) is 2. The van der Waals surface area contributed by atoms with Crippen molar-refractivity contribution in [1.82, 2.24) is 20.4 Å². The molecule has 1 saturated heterocycles. The number of furan rings is 1. The third kappa shape index (κ3) is 4.43. The van der Waals surface area contributed by atoms with E-state index in [-0.39, 0.29) is 12.0 Å². The molecule has 3 heterocycles. The molecule has 1 aliphatic rings. The molecule has 0 bridgehead atoms. The highest BCUT2D eigenvalue weighted by molar-refractivity contribution is 5.72. The average Bonchev–Trinajstić information content (AvgIpc) is 3.18. The van der Waals surface area contributed by atoms with Gasteiger partial charge in [-0.3, -0.25) is 14.8 Å². The molecule has 23 heavy (non-hydrogen) atoms. The van der Waals surface area contributed by atoms with Crippen LogP contribution in [0.3, 0.4) is 0 Å². The third-order valence-corrected chi connectivity index (χ3v) is 3.87. The minimum Gasteiger partial charge on any atom is -0.458 e. The van der Waals surface area contributed by atoms with E-state index < -0.39 is 0 Å². The molecular formula is C16H22N4O3. The van der Waals surface area contributed by atoms with Gasteiger partial charge in [0, 0.05) is 32.8 Å². The number of carbonyl (C=O) groups is 1. The zero-order valence-corrected chi connectivity index (χ0v) is 13.2. The van der Waals surface area contributed by atoms with Gasteiger partial charge in [-0.05, 0) is 24.6 Å². The Morgan fingerprint density at radius 3 is 3.17 bits per heavy atom. The van der Waals surface area contributed by atoms with Crippen LogP contribution < -0.4 is 5.32 Å². The molecule has 124 valence electrons. The lowest BCUT2D eigenvalue weighted by molar-refractivity contribution is -0.119. The zero-order valence-electron chi connectivity index (χ0n) is 13.2. The maximum absolute atomic E-state index is 10.9. The third-order valence-electron chi connectivity index (χ3n) is 3.87. The molecule has 1 aliphatic heterocycles. The molecule has 0 saturated carbocycles. The summed E-state index contributed by atoms with van der Waals surface area (Å²) in [5.41, 5.74) is 0.881. The van der Waals surface area contributed by atoms with Crippen LogP contribution in [0.25, 0.3) is 11.5 Å². The number of nitrogens with zero attached hydrogens (tertiary/aromatic N) is 2. The fourth-order valence-corrected chi connectivity index (χ4v) is 2.73. The Kier molecular flexibility index (Phi) is 5.09. The molecule has 7 heteroatoms. The number of morpholine rings is 1. The Balaban J connectivity index is 1.50. The van der Waals surface area contributed by atoms with Crippen molar-refractivity contribution in [2.45, 2.75) is 26.0 Å². The predicted octanol–water partition coefficient (Wildman–Crippen LogP) is 1.40. The molecule has 0 spiro atoms. The zero-order chi connectivity index (χ0) is 16.1. The normalized spacial score (nSPS) is 18.9. The summed E-state index contributed by atoms with van der Waals surface area (Å²) in [7, 11) is 0. The van der Waals surface area contributed by atoms with E-state index in [1.54, 1.807) is 6.20 Å². The molecule has 0 unspecified atom stereocenters. The van der Waals surface area contributed by atoms with Crippen LogP contribution in [0.5, 0.6) is 0 Å². The molecule has 2 aromatic heterocycles. The van der Waals surface area contributed by atoms with Gasteiger partial charge < -0.3 is 14.5 Å². The summed E-state index contributed by atoms with van der Waals surface area (Å²) < 4.78 is 11.6. The van der Waals surface area contributed by atoms with Crippen molar-refractivity contribution in [2.75, 3.05) is 26.2 Å². The Hall–Kier alpha value is -2.12. The summed E-state index contributed by atoms with van der Waals surface area (Å²) in [5.74, 6) is 1.73. The van der Waals surface area contributed by atoms with Gasteiger partial charge in [-0.15, -0.1) is 0 Å². The van der Waals surface area contributed by atoms with Crippen molar-refractivity contribution in [1.29, 1.82) is 0 Å². The standard InChI is InChI=1S/C16H22N4O3/c1-12(21)17-6-4-13-10-20(8-9-22-13)11-14-2-3-16(23-14)15-5-7-18-19-15/h2-3,5,7,13H,4,6,8-11H2,1H3,(H,17,21)(H,18,19)/t13-/m0/s1. The molecule has 1 atom stereocenters. The summed E-state index contributed by atoms with van der Waals surface area (Å²) in [4.78, 5) is 13.2. The molecule has 0 radical (unpaired) electrons. The van der Waals surface area contributed by atoms with Gasteiger partial charge in [-0.2, -0.15) is 5.10 Å². The van der Waals surface area contributed by atoms with Gasteiger partial charge in [-0.1, -0.05) is 0 Å². The van der Waals surface area contributed by atoms with Gasteiger partial charge in [-0.25, -0.2) is 0 Å². The Labute approximate surface area is 135 Å². The smallest absolute Gasteiger partial charge is 0.216 e. The maximum atomic E-state index is 10.9. The Morgan fingerprint density at radius 1 is 1.48 bits per heavy atom. The van der Waals surface area contributed by atoms with E-state index in [9.17, 15) is 4.79 Å². The second-order valence-corrected chi connectivity index (χ2v) is 5.74. The van der Waals surface area contributed by atoms with Crippen LogP contribution in [0.4, 0.5) is 0 Å². The predicted molar refractivity (Wildman–Crippen MR) is 84.6 cm³/mol. The summed E-state index contributed by atoms with van der Waals surface area (Å²) >= 11 is 0. The largest absolute Gasteiger partial charge is 0.458 e. The first kappa shape index (κ1) is 15.8. The number of rotatable bonds is 6. The van der Waals surface area contributed by atoms with Crippen LogP contribution in [0.15, 0.2) is 28.8 Å². The van der Waals surface area contributed by atoms with Gasteiger partial charge in [0.25, 0.3) is 0 Å². The summed E-state index contributed by atoms with van der Waals surface area (Å²) in [5, 5.41) is 9.64. The van der Waals surface area contributed by atoms with Crippen LogP contribution in [0.2, 0.25) is 0 Å². The molecular weight excluding hydrogens is 296 g/mol. The molecule has 2 N–H and O–H groups in total. The summed E-state index contributed by atoms with van der Waals surface area (Å²) in [6.07, 6.45) is 2.69. The Morgan fingerprint density at radius 2 is 2.39 bits per heavy atom.